The van der Waals surface area contributed by atoms with Gasteiger partial charge >= 0.3 is 14.1 Å². The van der Waals surface area contributed by atoms with Gasteiger partial charge in [0.05, 0.1) is 0 Å². The van der Waals surface area contributed by atoms with Crippen molar-refractivity contribution in [2.24, 2.45) is 34.0 Å². The van der Waals surface area contributed by atoms with Crippen LogP contribution in [0.1, 0.15) is 62.3 Å². The van der Waals surface area contributed by atoms with Gasteiger partial charge in [0.15, 0.2) is 0 Å². The third kappa shape index (κ3) is 3.74. The zero-order valence-corrected chi connectivity index (χ0v) is 20.7. The molecule has 1 heteroatoms. The first-order chi connectivity index (χ1) is 12.9. The van der Waals surface area contributed by atoms with Gasteiger partial charge in [-0.2, -0.15) is 0 Å². The van der Waals surface area contributed by atoms with Crippen LogP contribution in [-0.4, -0.2) is 14.1 Å². The van der Waals surface area contributed by atoms with Crippen LogP contribution in [0.15, 0.2) is 68.0 Å². The highest BCUT2D eigenvalue weighted by Crippen LogP contribution is 2.48. The highest BCUT2D eigenvalue weighted by molar-refractivity contribution is 6.81. The van der Waals surface area contributed by atoms with Gasteiger partial charge in [-0.15, -0.1) is 13.3 Å². The van der Waals surface area contributed by atoms with Crippen LogP contribution < -0.4 is 0 Å². The second kappa shape index (κ2) is 7.34. The van der Waals surface area contributed by atoms with Crippen molar-refractivity contribution < 1.29 is 0 Å². The summed E-state index contributed by atoms with van der Waals surface area (Å²) in [6.45, 7) is 21.8. The van der Waals surface area contributed by atoms with E-state index in [9.17, 15) is 0 Å². The molecule has 0 aliphatic heterocycles. The highest BCUT2D eigenvalue weighted by atomic mass is 27.2. The monoisotopic (exact) mass is 390 g/mol. The highest BCUT2D eigenvalue weighted by Gasteiger charge is 2.46. The Bertz CT molecular complexity index is 698. The van der Waals surface area contributed by atoms with E-state index in [0.29, 0.717) is 17.8 Å². The first-order valence-corrected chi connectivity index (χ1v) is 12.8. The van der Waals surface area contributed by atoms with E-state index >= 15 is 0 Å². The van der Waals surface area contributed by atoms with Crippen molar-refractivity contribution in [1.82, 2.24) is 0 Å². The summed E-state index contributed by atoms with van der Waals surface area (Å²) in [5.74, 6) is 1.75. The van der Waals surface area contributed by atoms with E-state index in [-0.39, 0.29) is 16.2 Å². The lowest BCUT2D eigenvalue weighted by atomic mass is 9.76. The predicted molar refractivity (Wildman–Crippen MR) is 126 cm³/mol. The lowest BCUT2D eigenvalue weighted by Gasteiger charge is -2.44. The first kappa shape index (κ1) is 21.7. The lowest BCUT2D eigenvalue weighted by Crippen LogP contribution is -2.42. The lowest BCUT2D eigenvalue weighted by molar-refractivity contribution is 0.343. The summed E-state index contributed by atoms with van der Waals surface area (Å²) in [5, 5.41) is 0. The van der Waals surface area contributed by atoms with Crippen LogP contribution in [0.5, 0.6) is 0 Å². The van der Waals surface area contributed by atoms with E-state index in [1.165, 1.54) is 0 Å². The second-order valence-electron chi connectivity index (χ2n) is 11.1. The Kier molecular flexibility index (Phi) is 5.68. The summed E-state index contributed by atoms with van der Waals surface area (Å²) in [6.07, 6.45) is 21.6. The average molecular weight is 391 g/mol. The van der Waals surface area contributed by atoms with Gasteiger partial charge < -0.3 is 0 Å². The number of rotatable bonds is 3. The predicted octanol–water partition coefficient (Wildman–Crippen LogP) is 7.57. The summed E-state index contributed by atoms with van der Waals surface area (Å²) >= 11 is -1.47. The fourth-order valence-corrected chi connectivity index (χ4v) is 9.85. The Morgan fingerprint density at radius 1 is 0.536 bits per heavy atom. The second-order valence-corrected chi connectivity index (χ2v) is 14.0. The van der Waals surface area contributed by atoms with E-state index in [1.807, 2.05) is 0 Å². The fraction of sp³-hybridized carbons (Fsp3) is 0.556. The minimum atomic E-state index is -1.47. The molecule has 0 spiro atoms. The van der Waals surface area contributed by atoms with Gasteiger partial charge in [0.2, 0.25) is 0 Å². The number of hydrogen-bond donors (Lipinski definition) is 0. The first-order valence-electron chi connectivity index (χ1n) is 11.1. The molecule has 3 aliphatic rings. The summed E-state index contributed by atoms with van der Waals surface area (Å²) in [6, 6.07) is 0. The van der Waals surface area contributed by atoms with Crippen LogP contribution >= 0.6 is 0 Å². The molecule has 0 nitrogen and oxygen atoms in total. The van der Waals surface area contributed by atoms with Gasteiger partial charge in [0, 0.05) is 0 Å². The quantitative estimate of drug-likeness (QED) is 0.436. The van der Waals surface area contributed by atoms with E-state index in [4.69, 9.17) is 0 Å². The molecule has 0 radical (unpaired) electrons. The van der Waals surface area contributed by atoms with Crippen LogP contribution in [0.25, 0.3) is 0 Å². The molecule has 0 aromatic carbocycles. The van der Waals surface area contributed by atoms with Crippen LogP contribution in [0, 0.1) is 34.0 Å². The summed E-state index contributed by atoms with van der Waals surface area (Å²) < 4.78 is 5.17. The Labute approximate surface area is 178 Å². The molecule has 3 aliphatic carbocycles. The number of allylic oxidation sites excluding steroid dienone is 12. The molecular weight excluding hydrogens is 351 g/mol. The van der Waals surface area contributed by atoms with Crippen molar-refractivity contribution >= 4 is 14.1 Å². The normalized spacial score (nSPS) is 32.5. The Morgan fingerprint density at radius 2 is 0.786 bits per heavy atom. The molecule has 28 heavy (non-hydrogen) atoms. The number of hydrogen-bond acceptors (Lipinski definition) is 0. The maximum Gasteiger partial charge on any atom is 0.370 e. The van der Waals surface area contributed by atoms with Crippen molar-refractivity contribution in [2.45, 2.75) is 62.3 Å². The smallest absolute Gasteiger partial charge is 0.117 e. The molecule has 3 atom stereocenters. The molecule has 0 fully saturated rings. The SMILES string of the molecule is CC1[C]([Al]([C]2=CC=CC(C)(C)C2C)[C]2=CC=CC(C)(C)C2C)=CC=CC1(C)C. The van der Waals surface area contributed by atoms with Gasteiger partial charge in [-0.3, -0.25) is 0 Å². The van der Waals surface area contributed by atoms with Crippen LogP contribution in [0.4, 0.5) is 0 Å². The topological polar surface area (TPSA) is 0 Å². The van der Waals surface area contributed by atoms with Gasteiger partial charge in [0.1, 0.15) is 0 Å². The van der Waals surface area contributed by atoms with Crippen LogP contribution in [-0.2, 0) is 0 Å². The van der Waals surface area contributed by atoms with E-state index < -0.39 is 14.1 Å². The zero-order valence-electron chi connectivity index (χ0n) is 19.5. The van der Waals surface area contributed by atoms with Gasteiger partial charge in [-0.1, -0.05) is 117 Å². The molecule has 0 amide bonds. The van der Waals surface area contributed by atoms with E-state index in [1.54, 1.807) is 13.3 Å². The average Bonchev–Trinajstić information content (AvgIpc) is 2.59. The van der Waals surface area contributed by atoms with Crippen molar-refractivity contribution in [3.05, 3.63) is 68.0 Å². The largest absolute Gasteiger partial charge is 0.370 e. The van der Waals surface area contributed by atoms with Crippen molar-refractivity contribution in [2.75, 3.05) is 0 Å². The third-order valence-electron chi connectivity index (χ3n) is 8.29. The fourth-order valence-electron chi connectivity index (χ4n) is 4.99. The summed E-state index contributed by atoms with van der Waals surface area (Å²) in [4.78, 5) is 0. The molecule has 3 unspecified atom stereocenters. The molecule has 0 saturated carbocycles. The minimum Gasteiger partial charge on any atom is -0.117 e. The van der Waals surface area contributed by atoms with Crippen molar-refractivity contribution in [3.63, 3.8) is 0 Å². The molecular formula is C27H39Al. The maximum atomic E-state index is 2.48. The van der Waals surface area contributed by atoms with Crippen LogP contribution in [0.2, 0.25) is 0 Å². The van der Waals surface area contributed by atoms with E-state index in [2.05, 4.69) is 117 Å². The van der Waals surface area contributed by atoms with Crippen molar-refractivity contribution in [1.29, 1.82) is 0 Å². The Hall–Kier alpha value is -1.03. The standard InChI is InChI=1S/3C9H13.Al/c3*1-8-6-4-5-7-9(8,2)3;/h3*4-5,7-8H,1-3H3;. The molecule has 0 bridgehead atoms. The molecule has 0 aromatic heterocycles. The van der Waals surface area contributed by atoms with Crippen molar-refractivity contribution in [3.8, 4) is 0 Å². The third-order valence-corrected chi connectivity index (χ3v) is 12.4. The molecule has 0 aromatic rings. The zero-order chi connectivity index (χ0) is 20.9. The molecule has 0 heterocycles. The van der Waals surface area contributed by atoms with E-state index in [0.717, 1.165) is 0 Å². The summed E-state index contributed by atoms with van der Waals surface area (Å²) in [5.41, 5.74) is 0.676. The molecule has 0 N–H and O–H groups in total. The van der Waals surface area contributed by atoms with Gasteiger partial charge in [0.25, 0.3) is 0 Å². The van der Waals surface area contributed by atoms with Gasteiger partial charge in [-0.25, -0.2) is 0 Å². The molecule has 150 valence electrons. The Balaban J connectivity index is 2.17. The Morgan fingerprint density at radius 3 is 1.04 bits per heavy atom. The van der Waals surface area contributed by atoms with Crippen LogP contribution in [0.3, 0.4) is 0 Å². The maximum absolute atomic E-state index is 2.48. The summed E-state index contributed by atoms with van der Waals surface area (Å²) in [7, 11) is 0. The van der Waals surface area contributed by atoms with Gasteiger partial charge in [-0.05, 0) is 34.0 Å². The minimum absolute atomic E-state index is 0.225. The molecule has 3 rings (SSSR count). The molecule has 0 saturated heterocycles.